The first kappa shape index (κ1) is 19.8. The van der Waals surface area contributed by atoms with E-state index < -0.39 is 11.6 Å². The van der Waals surface area contributed by atoms with Crippen molar-refractivity contribution >= 4 is 0 Å². The molecule has 0 aliphatic carbocycles. The number of hydrogen-bond donors (Lipinski definition) is 2. The van der Waals surface area contributed by atoms with Crippen LogP contribution in [0.3, 0.4) is 0 Å². The Morgan fingerprint density at radius 2 is 1.90 bits per heavy atom. The molecule has 2 N–H and O–H groups in total. The Labute approximate surface area is 169 Å². The van der Waals surface area contributed by atoms with E-state index in [2.05, 4.69) is 20.4 Å². The van der Waals surface area contributed by atoms with Gasteiger partial charge >= 0.3 is 0 Å². The van der Waals surface area contributed by atoms with Crippen LogP contribution in [0.4, 0.5) is 13.2 Å². The van der Waals surface area contributed by atoms with Crippen molar-refractivity contribution in [1.82, 2.24) is 20.4 Å². The maximum Gasteiger partial charge on any atom is 0.159 e. The summed E-state index contributed by atoms with van der Waals surface area (Å²) in [5.74, 6) is -1.89. The number of nitrogens with zero attached hydrogens (tertiary/aromatic N) is 2. The van der Waals surface area contributed by atoms with Crippen LogP contribution in [0.25, 0.3) is 0 Å². The number of fused-ring (bicyclic) bond motifs is 1. The summed E-state index contributed by atoms with van der Waals surface area (Å²) in [7, 11) is 0. The Balaban J connectivity index is 1.21. The van der Waals surface area contributed by atoms with Gasteiger partial charge in [0.2, 0.25) is 0 Å². The standard InChI is InChI=1S/C22H25F3N4/c23-17-13-22-21(27-15-17)2-1-7-29(22)11-10-28-8-5-18(6-9-28)26-14-16-3-4-19(24)20(25)12-16/h1-4,7,12-13,15,18,26-27H,5-6,8-11,14H2. The molecule has 0 saturated carbocycles. The summed E-state index contributed by atoms with van der Waals surface area (Å²) in [6, 6.07) is 4.40. The zero-order chi connectivity index (χ0) is 20.2. The van der Waals surface area contributed by atoms with Gasteiger partial charge in [0.05, 0.1) is 11.4 Å². The third kappa shape index (κ3) is 4.92. The van der Waals surface area contributed by atoms with Gasteiger partial charge in [-0.3, -0.25) is 0 Å². The van der Waals surface area contributed by atoms with Crippen molar-refractivity contribution < 1.29 is 13.2 Å². The van der Waals surface area contributed by atoms with Crippen LogP contribution in [0.1, 0.15) is 18.4 Å². The van der Waals surface area contributed by atoms with Gasteiger partial charge in [-0.2, -0.15) is 0 Å². The van der Waals surface area contributed by atoms with Crippen molar-refractivity contribution in [2.24, 2.45) is 0 Å². The topological polar surface area (TPSA) is 30.5 Å². The lowest BCUT2D eigenvalue weighted by molar-refractivity contribution is 0.186. The molecule has 1 aromatic rings. The van der Waals surface area contributed by atoms with E-state index in [1.165, 1.54) is 18.3 Å². The molecule has 154 valence electrons. The monoisotopic (exact) mass is 402 g/mol. The maximum atomic E-state index is 13.6. The molecular weight excluding hydrogens is 377 g/mol. The fourth-order valence-corrected chi connectivity index (χ4v) is 3.88. The molecule has 1 saturated heterocycles. The quantitative estimate of drug-likeness (QED) is 0.762. The molecule has 7 heteroatoms. The molecule has 0 bridgehead atoms. The lowest BCUT2D eigenvalue weighted by atomic mass is 10.0. The van der Waals surface area contributed by atoms with E-state index in [0.717, 1.165) is 56.0 Å². The highest BCUT2D eigenvalue weighted by Crippen LogP contribution is 2.24. The zero-order valence-electron chi connectivity index (χ0n) is 16.2. The van der Waals surface area contributed by atoms with Gasteiger partial charge < -0.3 is 20.4 Å². The van der Waals surface area contributed by atoms with E-state index in [9.17, 15) is 13.2 Å². The first-order valence-corrected chi connectivity index (χ1v) is 9.97. The number of halogens is 3. The molecule has 0 radical (unpaired) electrons. The van der Waals surface area contributed by atoms with Crippen LogP contribution < -0.4 is 10.6 Å². The molecule has 0 amide bonds. The lowest BCUT2D eigenvalue weighted by Crippen LogP contribution is -2.44. The Morgan fingerprint density at radius 3 is 2.69 bits per heavy atom. The average molecular weight is 402 g/mol. The summed E-state index contributed by atoms with van der Waals surface area (Å²) in [4.78, 5) is 4.48. The highest BCUT2D eigenvalue weighted by atomic mass is 19.2. The third-order valence-corrected chi connectivity index (χ3v) is 5.58. The van der Waals surface area contributed by atoms with Crippen LogP contribution in [-0.2, 0) is 6.54 Å². The second-order valence-corrected chi connectivity index (χ2v) is 7.56. The molecule has 4 rings (SSSR count). The van der Waals surface area contributed by atoms with Gasteiger partial charge in [0.25, 0.3) is 0 Å². The van der Waals surface area contributed by atoms with Crippen molar-refractivity contribution in [3.05, 3.63) is 83.2 Å². The summed E-state index contributed by atoms with van der Waals surface area (Å²) in [5, 5.41) is 6.42. The smallest absolute Gasteiger partial charge is 0.159 e. The number of nitrogens with one attached hydrogen (secondary N) is 2. The molecule has 29 heavy (non-hydrogen) atoms. The van der Waals surface area contributed by atoms with Gasteiger partial charge in [0.1, 0.15) is 5.83 Å². The van der Waals surface area contributed by atoms with Crippen molar-refractivity contribution in [2.75, 3.05) is 26.2 Å². The minimum absolute atomic E-state index is 0.273. The van der Waals surface area contributed by atoms with Gasteiger partial charge in [-0.15, -0.1) is 0 Å². The van der Waals surface area contributed by atoms with E-state index in [-0.39, 0.29) is 5.83 Å². The lowest BCUT2D eigenvalue weighted by Gasteiger charge is -2.35. The van der Waals surface area contributed by atoms with Gasteiger partial charge in [-0.05, 0) is 55.8 Å². The fourth-order valence-electron chi connectivity index (χ4n) is 3.88. The van der Waals surface area contributed by atoms with E-state index >= 15 is 0 Å². The average Bonchev–Trinajstić information content (AvgIpc) is 2.74. The molecule has 1 aromatic carbocycles. The second kappa shape index (κ2) is 8.88. The molecule has 0 aromatic heterocycles. The highest BCUT2D eigenvalue weighted by Gasteiger charge is 2.22. The van der Waals surface area contributed by atoms with E-state index in [0.29, 0.717) is 12.6 Å². The molecule has 0 spiro atoms. The highest BCUT2D eigenvalue weighted by molar-refractivity contribution is 5.43. The van der Waals surface area contributed by atoms with E-state index in [1.807, 2.05) is 18.4 Å². The summed E-state index contributed by atoms with van der Waals surface area (Å²) >= 11 is 0. The Morgan fingerprint density at radius 1 is 1.07 bits per heavy atom. The molecule has 0 unspecified atom stereocenters. The van der Waals surface area contributed by atoms with Crippen LogP contribution in [0.5, 0.6) is 0 Å². The first-order valence-electron chi connectivity index (χ1n) is 9.97. The summed E-state index contributed by atoms with van der Waals surface area (Å²) in [6.45, 7) is 4.18. The van der Waals surface area contributed by atoms with Gasteiger partial charge in [-0.1, -0.05) is 6.07 Å². The van der Waals surface area contributed by atoms with E-state index in [1.54, 1.807) is 12.1 Å². The van der Waals surface area contributed by atoms with Gasteiger partial charge in [0.15, 0.2) is 11.6 Å². The molecule has 3 aliphatic rings. The number of piperidine rings is 1. The first-order chi connectivity index (χ1) is 14.1. The Bertz CT molecular complexity index is 867. The third-order valence-electron chi connectivity index (χ3n) is 5.58. The number of rotatable bonds is 6. The van der Waals surface area contributed by atoms with Gasteiger partial charge in [0, 0.05) is 44.2 Å². The minimum atomic E-state index is -0.813. The molecule has 4 nitrogen and oxygen atoms in total. The minimum Gasteiger partial charge on any atom is -0.357 e. The normalized spacial score (nSPS) is 20.0. The molecule has 1 fully saturated rings. The zero-order valence-corrected chi connectivity index (χ0v) is 16.2. The molecule has 0 atom stereocenters. The van der Waals surface area contributed by atoms with Crippen LogP contribution in [-0.4, -0.2) is 42.0 Å². The van der Waals surface area contributed by atoms with E-state index in [4.69, 9.17) is 0 Å². The predicted molar refractivity (Wildman–Crippen MR) is 107 cm³/mol. The second-order valence-electron chi connectivity index (χ2n) is 7.56. The van der Waals surface area contributed by atoms with Crippen molar-refractivity contribution in [2.45, 2.75) is 25.4 Å². The largest absolute Gasteiger partial charge is 0.357 e. The summed E-state index contributed by atoms with van der Waals surface area (Å²) in [5.41, 5.74) is 2.52. The predicted octanol–water partition coefficient (Wildman–Crippen LogP) is 3.53. The van der Waals surface area contributed by atoms with Crippen LogP contribution in [0.2, 0.25) is 0 Å². The van der Waals surface area contributed by atoms with Crippen LogP contribution in [0, 0.1) is 11.6 Å². The summed E-state index contributed by atoms with van der Waals surface area (Å²) < 4.78 is 39.9. The van der Waals surface area contributed by atoms with Crippen molar-refractivity contribution in [3.63, 3.8) is 0 Å². The Hall–Kier alpha value is -2.51. The number of benzene rings is 1. The van der Waals surface area contributed by atoms with Gasteiger partial charge in [-0.25, -0.2) is 13.2 Å². The number of likely N-dealkylation sites (tertiary alicyclic amines) is 1. The number of allylic oxidation sites excluding steroid dienone is 4. The maximum absolute atomic E-state index is 13.6. The van der Waals surface area contributed by atoms with Crippen LogP contribution in [0.15, 0.2) is 66.0 Å². The van der Waals surface area contributed by atoms with Crippen LogP contribution >= 0.6 is 0 Å². The summed E-state index contributed by atoms with van der Waals surface area (Å²) in [6.07, 6.45) is 10.8. The molecule has 3 heterocycles. The molecule has 3 aliphatic heterocycles. The number of hydrogen-bond acceptors (Lipinski definition) is 4. The SMILES string of the molecule is FC1=CNC2=CC=CN(CCN3CCC(NCc4ccc(F)c(F)c4)CC3)C2=C1. The Kier molecular flexibility index (Phi) is 6.06. The fraction of sp³-hybridized carbons (Fsp3) is 0.364. The number of dihydropyridines is 1. The molecular formula is C22H25F3N4. The van der Waals surface area contributed by atoms with Crippen molar-refractivity contribution in [3.8, 4) is 0 Å². The van der Waals surface area contributed by atoms with Crippen molar-refractivity contribution in [1.29, 1.82) is 0 Å².